The lowest BCUT2D eigenvalue weighted by Crippen LogP contribution is -2.31. The Morgan fingerprint density at radius 1 is 1.33 bits per heavy atom. The molecule has 0 spiro atoms. The van der Waals surface area contributed by atoms with E-state index in [1.165, 1.54) is 0 Å². The standard InChI is InChI=1S/C9H17BrO2/c1-6(2)7(10)8(11)12-9(3,4)5/h6-7H,1-5H3. The van der Waals surface area contributed by atoms with E-state index in [0.717, 1.165) is 0 Å². The summed E-state index contributed by atoms with van der Waals surface area (Å²) in [5.74, 6) is 0.0809. The molecular formula is C9H17BrO2. The summed E-state index contributed by atoms with van der Waals surface area (Å²) < 4.78 is 5.17. The molecule has 0 fully saturated rings. The van der Waals surface area contributed by atoms with Gasteiger partial charge in [0.05, 0.1) is 0 Å². The second-order valence-electron chi connectivity index (χ2n) is 4.18. The van der Waals surface area contributed by atoms with Gasteiger partial charge in [-0.25, -0.2) is 0 Å². The Hall–Kier alpha value is -0.0500. The van der Waals surface area contributed by atoms with Crippen LogP contribution in [0.5, 0.6) is 0 Å². The molecule has 1 atom stereocenters. The molecule has 0 rings (SSSR count). The number of esters is 1. The lowest BCUT2D eigenvalue weighted by atomic mass is 10.1. The maximum atomic E-state index is 11.3. The minimum absolute atomic E-state index is 0.183. The highest BCUT2D eigenvalue weighted by Crippen LogP contribution is 2.17. The monoisotopic (exact) mass is 236 g/mol. The van der Waals surface area contributed by atoms with Crippen LogP contribution in [0.2, 0.25) is 0 Å². The van der Waals surface area contributed by atoms with E-state index >= 15 is 0 Å². The van der Waals surface area contributed by atoms with Gasteiger partial charge in [-0.05, 0) is 26.7 Å². The van der Waals surface area contributed by atoms with Crippen LogP contribution in [0.1, 0.15) is 34.6 Å². The van der Waals surface area contributed by atoms with Crippen LogP contribution < -0.4 is 0 Å². The van der Waals surface area contributed by atoms with Crippen molar-refractivity contribution in [2.24, 2.45) is 5.92 Å². The van der Waals surface area contributed by atoms with Crippen molar-refractivity contribution in [1.29, 1.82) is 0 Å². The molecule has 0 heterocycles. The molecule has 0 bridgehead atoms. The molecule has 0 aromatic rings. The fraction of sp³-hybridized carbons (Fsp3) is 0.889. The largest absolute Gasteiger partial charge is 0.459 e. The summed E-state index contributed by atoms with van der Waals surface area (Å²) in [6.07, 6.45) is 0. The van der Waals surface area contributed by atoms with Gasteiger partial charge < -0.3 is 4.74 Å². The first kappa shape index (κ1) is 11.9. The number of rotatable bonds is 2. The SMILES string of the molecule is CC(C)C(Br)C(=O)OC(C)(C)C. The van der Waals surface area contributed by atoms with Crippen molar-refractivity contribution in [3.8, 4) is 0 Å². The summed E-state index contributed by atoms with van der Waals surface area (Å²) in [4.78, 5) is 11.1. The molecule has 3 heteroatoms. The number of hydrogen-bond donors (Lipinski definition) is 0. The van der Waals surface area contributed by atoms with E-state index in [1.807, 2.05) is 34.6 Å². The Labute approximate surface area is 82.8 Å². The maximum Gasteiger partial charge on any atom is 0.320 e. The third-order valence-electron chi connectivity index (χ3n) is 1.22. The second-order valence-corrected chi connectivity index (χ2v) is 5.17. The molecule has 0 aliphatic heterocycles. The summed E-state index contributed by atoms with van der Waals surface area (Å²) in [7, 11) is 0. The molecule has 0 aromatic heterocycles. The van der Waals surface area contributed by atoms with Gasteiger partial charge in [-0.1, -0.05) is 29.8 Å². The highest BCUT2D eigenvalue weighted by atomic mass is 79.9. The minimum Gasteiger partial charge on any atom is -0.459 e. The van der Waals surface area contributed by atoms with Gasteiger partial charge in [-0.2, -0.15) is 0 Å². The van der Waals surface area contributed by atoms with Crippen molar-refractivity contribution in [2.45, 2.75) is 45.0 Å². The molecule has 1 unspecified atom stereocenters. The smallest absolute Gasteiger partial charge is 0.320 e. The van der Waals surface area contributed by atoms with E-state index in [-0.39, 0.29) is 16.7 Å². The average Bonchev–Trinajstić information content (AvgIpc) is 1.82. The Bertz CT molecular complexity index is 158. The Morgan fingerprint density at radius 3 is 2.00 bits per heavy atom. The van der Waals surface area contributed by atoms with Crippen molar-refractivity contribution in [3.63, 3.8) is 0 Å². The zero-order valence-electron chi connectivity index (χ0n) is 8.35. The highest BCUT2D eigenvalue weighted by molar-refractivity contribution is 9.10. The average molecular weight is 237 g/mol. The molecule has 0 radical (unpaired) electrons. The lowest BCUT2D eigenvalue weighted by molar-refractivity contribution is -0.154. The lowest BCUT2D eigenvalue weighted by Gasteiger charge is -2.22. The van der Waals surface area contributed by atoms with Gasteiger partial charge in [-0.15, -0.1) is 0 Å². The van der Waals surface area contributed by atoms with Crippen LogP contribution in [0.25, 0.3) is 0 Å². The third-order valence-corrected chi connectivity index (χ3v) is 2.65. The minimum atomic E-state index is -0.391. The first-order valence-electron chi connectivity index (χ1n) is 4.11. The van der Waals surface area contributed by atoms with Gasteiger partial charge in [0.2, 0.25) is 0 Å². The van der Waals surface area contributed by atoms with Crippen LogP contribution >= 0.6 is 15.9 Å². The third kappa shape index (κ3) is 4.75. The van der Waals surface area contributed by atoms with Crippen LogP contribution in [-0.4, -0.2) is 16.4 Å². The summed E-state index contributed by atoms with van der Waals surface area (Å²) in [5.41, 5.74) is -0.391. The summed E-state index contributed by atoms with van der Waals surface area (Å²) in [6.45, 7) is 9.55. The van der Waals surface area contributed by atoms with E-state index in [9.17, 15) is 4.79 Å². The molecular weight excluding hydrogens is 220 g/mol. The first-order chi connectivity index (χ1) is 5.24. The summed E-state index contributed by atoms with van der Waals surface area (Å²) in [5, 5.41) is 0. The van der Waals surface area contributed by atoms with Crippen LogP contribution in [0.4, 0.5) is 0 Å². The number of carbonyl (C=O) groups is 1. The zero-order valence-corrected chi connectivity index (χ0v) is 9.94. The maximum absolute atomic E-state index is 11.3. The zero-order chi connectivity index (χ0) is 9.94. The molecule has 0 saturated carbocycles. The molecule has 0 aromatic carbocycles. The van der Waals surface area contributed by atoms with Crippen molar-refractivity contribution < 1.29 is 9.53 Å². The summed E-state index contributed by atoms with van der Waals surface area (Å²) in [6, 6.07) is 0. The fourth-order valence-electron chi connectivity index (χ4n) is 0.630. The van der Waals surface area contributed by atoms with Gasteiger partial charge in [0.15, 0.2) is 0 Å². The van der Waals surface area contributed by atoms with Crippen LogP contribution in [-0.2, 0) is 9.53 Å². The van der Waals surface area contributed by atoms with Crippen molar-refractivity contribution in [3.05, 3.63) is 0 Å². The molecule has 0 saturated heterocycles. The molecule has 0 amide bonds. The van der Waals surface area contributed by atoms with Gasteiger partial charge >= 0.3 is 5.97 Å². The molecule has 2 nitrogen and oxygen atoms in total. The first-order valence-corrected chi connectivity index (χ1v) is 5.02. The van der Waals surface area contributed by atoms with E-state index in [2.05, 4.69) is 15.9 Å². The van der Waals surface area contributed by atoms with Crippen LogP contribution in [0.3, 0.4) is 0 Å². The molecule has 0 aliphatic rings. The molecule has 0 N–H and O–H groups in total. The van der Waals surface area contributed by atoms with Crippen molar-refractivity contribution in [1.82, 2.24) is 0 Å². The van der Waals surface area contributed by atoms with E-state index < -0.39 is 5.60 Å². The normalized spacial score (nSPS) is 14.6. The van der Waals surface area contributed by atoms with E-state index in [1.54, 1.807) is 0 Å². The topological polar surface area (TPSA) is 26.3 Å². The number of halogens is 1. The number of alkyl halides is 1. The Morgan fingerprint density at radius 2 is 1.75 bits per heavy atom. The second kappa shape index (κ2) is 4.26. The number of hydrogen-bond acceptors (Lipinski definition) is 2. The van der Waals surface area contributed by atoms with Gasteiger partial charge in [0.1, 0.15) is 10.4 Å². The predicted octanol–water partition coefficient (Wildman–Crippen LogP) is 2.75. The Kier molecular flexibility index (Phi) is 4.24. The van der Waals surface area contributed by atoms with Crippen LogP contribution in [0.15, 0.2) is 0 Å². The molecule has 12 heavy (non-hydrogen) atoms. The number of ether oxygens (including phenoxy) is 1. The van der Waals surface area contributed by atoms with Gasteiger partial charge in [-0.3, -0.25) is 4.79 Å². The van der Waals surface area contributed by atoms with Gasteiger partial charge in [0.25, 0.3) is 0 Å². The number of carbonyl (C=O) groups excluding carboxylic acids is 1. The highest BCUT2D eigenvalue weighted by Gasteiger charge is 2.24. The molecule has 72 valence electrons. The van der Waals surface area contributed by atoms with Crippen molar-refractivity contribution >= 4 is 21.9 Å². The van der Waals surface area contributed by atoms with Gasteiger partial charge in [0, 0.05) is 0 Å². The van der Waals surface area contributed by atoms with Crippen molar-refractivity contribution in [2.75, 3.05) is 0 Å². The molecule has 0 aliphatic carbocycles. The Balaban J connectivity index is 4.05. The van der Waals surface area contributed by atoms with E-state index in [0.29, 0.717) is 0 Å². The van der Waals surface area contributed by atoms with E-state index in [4.69, 9.17) is 4.74 Å². The fourth-order valence-corrected chi connectivity index (χ4v) is 0.724. The predicted molar refractivity (Wildman–Crippen MR) is 53.4 cm³/mol. The summed E-state index contributed by atoms with van der Waals surface area (Å²) >= 11 is 3.29. The quantitative estimate of drug-likeness (QED) is 0.545. The van der Waals surface area contributed by atoms with Crippen LogP contribution in [0, 0.1) is 5.92 Å².